The van der Waals surface area contributed by atoms with Gasteiger partial charge in [0.15, 0.2) is 11.5 Å². The monoisotopic (exact) mass is 285 g/mol. The highest BCUT2D eigenvalue weighted by Gasteiger charge is 2.15. The van der Waals surface area contributed by atoms with Crippen molar-refractivity contribution in [3.8, 4) is 11.5 Å². The van der Waals surface area contributed by atoms with Crippen molar-refractivity contribution in [2.45, 2.75) is 25.5 Å². The van der Waals surface area contributed by atoms with Gasteiger partial charge in [0, 0.05) is 19.7 Å². The SMILES string of the molecule is COc1cc(CNC[C@H]2CCCO2)cc(Cl)c1OC. The van der Waals surface area contributed by atoms with Gasteiger partial charge in [-0.05, 0) is 30.5 Å². The minimum absolute atomic E-state index is 0.343. The zero-order valence-corrected chi connectivity index (χ0v) is 12.1. The average Bonchev–Trinajstić information content (AvgIpc) is 2.91. The van der Waals surface area contributed by atoms with E-state index in [1.165, 1.54) is 0 Å². The summed E-state index contributed by atoms with van der Waals surface area (Å²) in [5.74, 6) is 1.23. The van der Waals surface area contributed by atoms with Crippen LogP contribution in [0.3, 0.4) is 0 Å². The van der Waals surface area contributed by atoms with Crippen molar-refractivity contribution in [3.05, 3.63) is 22.7 Å². The van der Waals surface area contributed by atoms with Crippen molar-refractivity contribution in [1.82, 2.24) is 5.32 Å². The van der Waals surface area contributed by atoms with Crippen LogP contribution in [0.1, 0.15) is 18.4 Å². The topological polar surface area (TPSA) is 39.7 Å². The fourth-order valence-corrected chi connectivity index (χ4v) is 2.57. The second kappa shape index (κ2) is 6.98. The van der Waals surface area contributed by atoms with Crippen molar-refractivity contribution in [2.75, 3.05) is 27.4 Å². The van der Waals surface area contributed by atoms with Crippen molar-refractivity contribution in [3.63, 3.8) is 0 Å². The molecule has 1 atom stereocenters. The highest BCUT2D eigenvalue weighted by molar-refractivity contribution is 6.32. The molecule has 1 aromatic rings. The number of hydrogen-bond acceptors (Lipinski definition) is 4. The highest BCUT2D eigenvalue weighted by Crippen LogP contribution is 2.35. The lowest BCUT2D eigenvalue weighted by atomic mass is 10.2. The van der Waals surface area contributed by atoms with E-state index in [-0.39, 0.29) is 0 Å². The third-order valence-electron chi connectivity index (χ3n) is 3.22. The maximum absolute atomic E-state index is 6.16. The standard InChI is InChI=1S/C14H20ClNO3/c1-17-13-7-10(6-12(15)14(13)18-2)8-16-9-11-4-3-5-19-11/h6-7,11,16H,3-5,8-9H2,1-2H3/t11-/m1/s1. The van der Waals surface area contributed by atoms with E-state index in [1.807, 2.05) is 12.1 Å². The first-order valence-electron chi connectivity index (χ1n) is 6.47. The van der Waals surface area contributed by atoms with Gasteiger partial charge in [0.2, 0.25) is 0 Å². The van der Waals surface area contributed by atoms with Crippen LogP contribution in [0.4, 0.5) is 0 Å². The largest absolute Gasteiger partial charge is 0.493 e. The predicted molar refractivity (Wildman–Crippen MR) is 75.2 cm³/mol. The minimum atomic E-state index is 0.343. The molecule has 0 bridgehead atoms. The molecule has 0 radical (unpaired) electrons. The average molecular weight is 286 g/mol. The van der Waals surface area contributed by atoms with E-state index < -0.39 is 0 Å². The summed E-state index contributed by atoms with van der Waals surface area (Å²) in [4.78, 5) is 0. The van der Waals surface area contributed by atoms with Crippen LogP contribution in [0.2, 0.25) is 5.02 Å². The van der Waals surface area contributed by atoms with E-state index in [0.717, 1.165) is 38.1 Å². The van der Waals surface area contributed by atoms with Crippen LogP contribution in [0.15, 0.2) is 12.1 Å². The number of ether oxygens (including phenoxy) is 3. The summed E-state index contributed by atoms with van der Waals surface area (Å²) in [5, 5.41) is 3.95. The van der Waals surface area contributed by atoms with Gasteiger partial charge in [0.25, 0.3) is 0 Å². The fraction of sp³-hybridized carbons (Fsp3) is 0.571. The lowest BCUT2D eigenvalue weighted by Gasteiger charge is -2.14. The quantitative estimate of drug-likeness (QED) is 0.872. The Bertz CT molecular complexity index is 419. The molecule has 1 aromatic carbocycles. The van der Waals surface area contributed by atoms with Crippen LogP contribution < -0.4 is 14.8 Å². The summed E-state index contributed by atoms with van der Waals surface area (Å²) in [7, 11) is 3.19. The van der Waals surface area contributed by atoms with Gasteiger partial charge in [-0.2, -0.15) is 0 Å². The van der Waals surface area contributed by atoms with Gasteiger partial charge in [0.1, 0.15) is 0 Å². The molecule has 0 aliphatic carbocycles. The number of nitrogens with one attached hydrogen (secondary N) is 1. The molecule has 5 heteroatoms. The van der Waals surface area contributed by atoms with E-state index in [2.05, 4.69) is 5.32 Å². The summed E-state index contributed by atoms with van der Waals surface area (Å²) < 4.78 is 16.0. The molecule has 4 nitrogen and oxygen atoms in total. The van der Waals surface area contributed by atoms with Crippen molar-refractivity contribution < 1.29 is 14.2 Å². The van der Waals surface area contributed by atoms with Crippen molar-refractivity contribution in [1.29, 1.82) is 0 Å². The minimum Gasteiger partial charge on any atom is -0.493 e. The van der Waals surface area contributed by atoms with E-state index in [1.54, 1.807) is 14.2 Å². The Morgan fingerprint density at radius 1 is 1.37 bits per heavy atom. The van der Waals surface area contributed by atoms with Crippen LogP contribution in [-0.2, 0) is 11.3 Å². The first kappa shape index (κ1) is 14.4. The Morgan fingerprint density at radius 2 is 2.21 bits per heavy atom. The molecule has 0 aromatic heterocycles. The molecule has 1 aliphatic heterocycles. The number of methoxy groups -OCH3 is 2. The van der Waals surface area contributed by atoms with Gasteiger partial charge in [-0.15, -0.1) is 0 Å². The van der Waals surface area contributed by atoms with Gasteiger partial charge < -0.3 is 19.5 Å². The first-order valence-corrected chi connectivity index (χ1v) is 6.85. The molecule has 0 spiro atoms. The van der Waals surface area contributed by atoms with Crippen LogP contribution in [-0.4, -0.2) is 33.5 Å². The van der Waals surface area contributed by atoms with E-state index in [9.17, 15) is 0 Å². The maximum Gasteiger partial charge on any atom is 0.179 e. The molecule has 1 N–H and O–H groups in total. The fourth-order valence-electron chi connectivity index (χ4n) is 2.26. The third-order valence-corrected chi connectivity index (χ3v) is 3.50. The van der Waals surface area contributed by atoms with E-state index in [0.29, 0.717) is 22.6 Å². The lowest BCUT2D eigenvalue weighted by molar-refractivity contribution is 0.110. The molecule has 0 amide bonds. The highest BCUT2D eigenvalue weighted by atomic mass is 35.5. The zero-order chi connectivity index (χ0) is 13.7. The Morgan fingerprint density at radius 3 is 2.84 bits per heavy atom. The number of hydrogen-bond donors (Lipinski definition) is 1. The number of rotatable bonds is 6. The van der Waals surface area contributed by atoms with Crippen LogP contribution >= 0.6 is 11.6 Å². The smallest absolute Gasteiger partial charge is 0.179 e. The lowest BCUT2D eigenvalue weighted by Crippen LogP contribution is -2.25. The van der Waals surface area contributed by atoms with Gasteiger partial charge in [0.05, 0.1) is 25.3 Å². The molecule has 2 rings (SSSR count). The van der Waals surface area contributed by atoms with Gasteiger partial charge in [-0.3, -0.25) is 0 Å². The first-order chi connectivity index (χ1) is 9.24. The molecule has 0 saturated carbocycles. The molecule has 106 valence electrons. The normalized spacial score (nSPS) is 18.6. The summed E-state index contributed by atoms with van der Waals surface area (Å²) in [6.45, 7) is 2.49. The van der Waals surface area contributed by atoms with Gasteiger partial charge in [-0.1, -0.05) is 11.6 Å². The summed E-state index contributed by atoms with van der Waals surface area (Å²) in [6, 6.07) is 3.83. The van der Waals surface area contributed by atoms with Crippen molar-refractivity contribution >= 4 is 11.6 Å². The Balaban J connectivity index is 1.94. The number of benzene rings is 1. The third kappa shape index (κ3) is 3.75. The van der Waals surface area contributed by atoms with Crippen molar-refractivity contribution in [2.24, 2.45) is 0 Å². The van der Waals surface area contributed by atoms with Crippen LogP contribution in [0.5, 0.6) is 11.5 Å². The maximum atomic E-state index is 6.16. The molecular formula is C14H20ClNO3. The summed E-state index contributed by atoms with van der Waals surface area (Å²) in [5.41, 5.74) is 1.07. The van der Waals surface area contributed by atoms with Crippen LogP contribution in [0, 0.1) is 0 Å². The molecule has 1 fully saturated rings. The van der Waals surface area contributed by atoms with Gasteiger partial charge in [-0.25, -0.2) is 0 Å². The summed E-state index contributed by atoms with van der Waals surface area (Å²) in [6.07, 6.45) is 2.64. The Kier molecular flexibility index (Phi) is 5.31. The molecule has 0 unspecified atom stereocenters. The Labute approximate surface area is 119 Å². The second-order valence-corrected chi connectivity index (χ2v) is 4.99. The molecular weight excluding hydrogens is 266 g/mol. The van der Waals surface area contributed by atoms with Gasteiger partial charge >= 0.3 is 0 Å². The zero-order valence-electron chi connectivity index (χ0n) is 11.4. The second-order valence-electron chi connectivity index (χ2n) is 4.58. The predicted octanol–water partition coefficient (Wildman–Crippen LogP) is 2.63. The van der Waals surface area contributed by atoms with Crippen LogP contribution in [0.25, 0.3) is 0 Å². The molecule has 1 saturated heterocycles. The number of halogens is 1. The molecule has 1 heterocycles. The molecule has 19 heavy (non-hydrogen) atoms. The van der Waals surface area contributed by atoms with E-state index in [4.69, 9.17) is 25.8 Å². The summed E-state index contributed by atoms with van der Waals surface area (Å²) >= 11 is 6.16. The van der Waals surface area contributed by atoms with E-state index >= 15 is 0 Å². The molecule has 1 aliphatic rings. The Hall–Kier alpha value is -0.970.